The van der Waals surface area contributed by atoms with Crippen LogP contribution in [0, 0.1) is 0 Å². The summed E-state index contributed by atoms with van der Waals surface area (Å²) in [5.41, 5.74) is 2.72. The third kappa shape index (κ3) is 3.63. The van der Waals surface area contributed by atoms with E-state index in [4.69, 9.17) is 9.15 Å². The van der Waals surface area contributed by atoms with Crippen LogP contribution in [0.3, 0.4) is 0 Å². The summed E-state index contributed by atoms with van der Waals surface area (Å²) in [5.74, 6) is 2.29. The van der Waals surface area contributed by atoms with Gasteiger partial charge < -0.3 is 9.15 Å². The lowest BCUT2D eigenvalue weighted by atomic mass is 9.94. The van der Waals surface area contributed by atoms with Crippen molar-refractivity contribution in [3.05, 3.63) is 77.5 Å². The highest BCUT2D eigenvalue weighted by Gasteiger charge is 2.31. The average Bonchev–Trinajstić information content (AvgIpc) is 3.17. The van der Waals surface area contributed by atoms with Gasteiger partial charge in [0.1, 0.15) is 12.4 Å². The SMILES string of the molecule is CCc1nnc([C@H]2Cc3ccccc3CN2CCOc2ccccc2)o1. The number of nitrogens with zero attached hydrogens (tertiary/aromatic N) is 3. The van der Waals surface area contributed by atoms with Crippen LogP contribution in [0.25, 0.3) is 0 Å². The van der Waals surface area contributed by atoms with Crippen molar-refractivity contribution in [1.82, 2.24) is 15.1 Å². The third-order valence-corrected chi connectivity index (χ3v) is 4.81. The van der Waals surface area contributed by atoms with Gasteiger partial charge in [-0.25, -0.2) is 0 Å². The van der Waals surface area contributed by atoms with Gasteiger partial charge in [0, 0.05) is 19.5 Å². The molecular formula is C21H23N3O2. The first-order valence-corrected chi connectivity index (χ1v) is 9.14. The van der Waals surface area contributed by atoms with E-state index in [-0.39, 0.29) is 6.04 Å². The fourth-order valence-electron chi connectivity index (χ4n) is 3.40. The molecule has 5 nitrogen and oxygen atoms in total. The number of aromatic nitrogens is 2. The second-order valence-corrected chi connectivity index (χ2v) is 6.51. The molecule has 1 aliphatic rings. The Morgan fingerprint density at radius 2 is 1.81 bits per heavy atom. The molecule has 0 aliphatic carbocycles. The molecule has 0 saturated carbocycles. The van der Waals surface area contributed by atoms with Crippen LogP contribution in [-0.4, -0.2) is 28.2 Å². The van der Waals surface area contributed by atoms with Crippen molar-refractivity contribution in [2.24, 2.45) is 0 Å². The summed E-state index contributed by atoms with van der Waals surface area (Å²) in [6.07, 6.45) is 1.64. The molecule has 2 aromatic carbocycles. The maximum atomic E-state index is 5.90. The van der Waals surface area contributed by atoms with Crippen molar-refractivity contribution >= 4 is 0 Å². The lowest BCUT2D eigenvalue weighted by Gasteiger charge is -2.34. The van der Waals surface area contributed by atoms with E-state index in [1.165, 1.54) is 11.1 Å². The average molecular weight is 349 g/mol. The van der Waals surface area contributed by atoms with E-state index < -0.39 is 0 Å². The monoisotopic (exact) mass is 349 g/mol. The number of benzene rings is 2. The number of hydrogen-bond donors (Lipinski definition) is 0. The molecule has 0 bridgehead atoms. The molecule has 1 atom stereocenters. The van der Waals surface area contributed by atoms with Crippen molar-refractivity contribution in [3.63, 3.8) is 0 Å². The molecule has 0 N–H and O–H groups in total. The van der Waals surface area contributed by atoms with Gasteiger partial charge in [0.05, 0.1) is 6.04 Å². The Kier molecular flexibility index (Phi) is 4.97. The summed E-state index contributed by atoms with van der Waals surface area (Å²) < 4.78 is 11.8. The molecule has 3 aromatic rings. The fraction of sp³-hybridized carbons (Fsp3) is 0.333. The maximum absolute atomic E-state index is 5.90. The molecule has 5 heteroatoms. The zero-order valence-corrected chi connectivity index (χ0v) is 15.0. The van der Waals surface area contributed by atoms with E-state index >= 15 is 0 Å². The van der Waals surface area contributed by atoms with E-state index in [0.717, 1.165) is 31.7 Å². The van der Waals surface area contributed by atoms with Gasteiger partial charge in [-0.2, -0.15) is 0 Å². The van der Waals surface area contributed by atoms with Crippen LogP contribution < -0.4 is 4.74 Å². The zero-order valence-electron chi connectivity index (χ0n) is 15.0. The van der Waals surface area contributed by atoms with Gasteiger partial charge in [0.15, 0.2) is 0 Å². The standard InChI is InChI=1S/C21H23N3O2/c1-2-20-22-23-21(26-20)19-14-16-8-6-7-9-17(16)15-24(19)12-13-25-18-10-4-3-5-11-18/h3-11,19H,2,12-15H2,1H3/t19-/m1/s1. The summed E-state index contributed by atoms with van der Waals surface area (Å²) >= 11 is 0. The Hall–Kier alpha value is -2.66. The Labute approximate surface area is 153 Å². The van der Waals surface area contributed by atoms with E-state index in [1.807, 2.05) is 37.3 Å². The second-order valence-electron chi connectivity index (χ2n) is 6.51. The van der Waals surface area contributed by atoms with Crippen LogP contribution in [0.2, 0.25) is 0 Å². The minimum Gasteiger partial charge on any atom is -0.492 e. The number of fused-ring (bicyclic) bond motifs is 1. The molecule has 1 aromatic heterocycles. The normalized spacial score (nSPS) is 17.0. The molecule has 1 aliphatic heterocycles. The topological polar surface area (TPSA) is 51.4 Å². The number of ether oxygens (including phenoxy) is 1. The van der Waals surface area contributed by atoms with Crippen molar-refractivity contribution in [1.29, 1.82) is 0 Å². The third-order valence-electron chi connectivity index (χ3n) is 4.81. The van der Waals surface area contributed by atoms with E-state index in [0.29, 0.717) is 18.4 Å². The minimum atomic E-state index is 0.0945. The molecule has 134 valence electrons. The van der Waals surface area contributed by atoms with Crippen molar-refractivity contribution in [2.45, 2.75) is 32.4 Å². The molecule has 0 fully saturated rings. The van der Waals surface area contributed by atoms with Crippen LogP contribution in [0.1, 0.15) is 35.9 Å². The second kappa shape index (κ2) is 7.70. The number of aryl methyl sites for hydroxylation is 1. The van der Waals surface area contributed by atoms with Gasteiger partial charge in [0.25, 0.3) is 0 Å². The van der Waals surface area contributed by atoms with Crippen molar-refractivity contribution in [3.8, 4) is 5.75 Å². The summed E-state index contributed by atoms with van der Waals surface area (Å²) in [6, 6.07) is 18.6. The number of para-hydroxylation sites is 1. The molecule has 0 saturated heterocycles. The molecule has 2 heterocycles. The molecular weight excluding hydrogens is 326 g/mol. The first kappa shape index (κ1) is 16.8. The molecule has 4 rings (SSSR count). The number of hydrogen-bond acceptors (Lipinski definition) is 5. The first-order valence-electron chi connectivity index (χ1n) is 9.14. The Morgan fingerprint density at radius 1 is 1.04 bits per heavy atom. The lowest BCUT2D eigenvalue weighted by molar-refractivity contribution is 0.120. The molecule has 26 heavy (non-hydrogen) atoms. The van der Waals surface area contributed by atoms with Crippen LogP contribution in [0.4, 0.5) is 0 Å². The lowest BCUT2D eigenvalue weighted by Crippen LogP contribution is -2.37. The Morgan fingerprint density at radius 3 is 2.58 bits per heavy atom. The quantitative estimate of drug-likeness (QED) is 0.677. The Bertz CT molecular complexity index is 847. The van der Waals surface area contributed by atoms with Gasteiger partial charge >= 0.3 is 0 Å². The van der Waals surface area contributed by atoms with Gasteiger partial charge in [-0.3, -0.25) is 4.90 Å². The van der Waals surface area contributed by atoms with Gasteiger partial charge in [0.2, 0.25) is 11.8 Å². The smallest absolute Gasteiger partial charge is 0.233 e. The predicted molar refractivity (Wildman–Crippen MR) is 98.9 cm³/mol. The highest BCUT2D eigenvalue weighted by molar-refractivity contribution is 5.31. The van der Waals surface area contributed by atoms with Crippen LogP contribution >= 0.6 is 0 Å². The van der Waals surface area contributed by atoms with Crippen molar-refractivity contribution in [2.75, 3.05) is 13.2 Å². The van der Waals surface area contributed by atoms with E-state index in [1.54, 1.807) is 0 Å². The maximum Gasteiger partial charge on any atom is 0.233 e. The highest BCUT2D eigenvalue weighted by atomic mass is 16.5. The predicted octanol–water partition coefficient (Wildman–Crippen LogP) is 3.81. The van der Waals surface area contributed by atoms with Gasteiger partial charge in [-0.15, -0.1) is 10.2 Å². The van der Waals surface area contributed by atoms with Crippen LogP contribution in [0.15, 0.2) is 59.0 Å². The zero-order chi connectivity index (χ0) is 17.8. The molecule has 0 amide bonds. The largest absolute Gasteiger partial charge is 0.492 e. The summed E-state index contributed by atoms with van der Waals surface area (Å²) in [7, 11) is 0. The van der Waals surface area contributed by atoms with E-state index in [9.17, 15) is 0 Å². The van der Waals surface area contributed by atoms with Gasteiger partial charge in [-0.05, 0) is 29.7 Å². The Balaban J connectivity index is 1.51. The van der Waals surface area contributed by atoms with Gasteiger partial charge in [-0.1, -0.05) is 49.4 Å². The summed E-state index contributed by atoms with van der Waals surface area (Å²) in [5, 5.41) is 8.45. The van der Waals surface area contributed by atoms with E-state index in [2.05, 4.69) is 39.4 Å². The molecule has 0 spiro atoms. The summed E-state index contributed by atoms with van der Waals surface area (Å²) in [6.45, 7) is 4.32. The summed E-state index contributed by atoms with van der Waals surface area (Å²) in [4.78, 5) is 2.37. The first-order chi connectivity index (χ1) is 12.8. The molecule has 0 unspecified atom stereocenters. The van der Waals surface area contributed by atoms with Crippen LogP contribution in [0.5, 0.6) is 5.75 Å². The minimum absolute atomic E-state index is 0.0945. The fourth-order valence-corrected chi connectivity index (χ4v) is 3.40. The molecule has 0 radical (unpaired) electrons. The number of rotatable bonds is 6. The highest BCUT2D eigenvalue weighted by Crippen LogP contribution is 2.32. The van der Waals surface area contributed by atoms with Crippen LogP contribution in [-0.2, 0) is 19.4 Å². The van der Waals surface area contributed by atoms with Crippen molar-refractivity contribution < 1.29 is 9.15 Å².